The summed E-state index contributed by atoms with van der Waals surface area (Å²) >= 11 is 0. The summed E-state index contributed by atoms with van der Waals surface area (Å²) in [6.07, 6.45) is 52.0. The Balaban J connectivity index is 3.64. The molecule has 4 nitrogen and oxygen atoms in total. The van der Waals surface area contributed by atoms with Gasteiger partial charge in [-0.2, -0.15) is 0 Å². The fourth-order valence-corrected chi connectivity index (χ4v) is 8.65. The zero-order valence-corrected chi connectivity index (χ0v) is 35.0. The first-order chi connectivity index (χ1) is 24.1. The maximum atomic E-state index is 12.8. The van der Waals surface area contributed by atoms with E-state index < -0.39 is 7.75 Å². The lowest BCUT2D eigenvalue weighted by molar-refractivity contribution is 0.206. The number of hydrogen-bond donors (Lipinski definition) is 1. The van der Waals surface area contributed by atoms with Gasteiger partial charge < -0.3 is 4.89 Å². The Morgan fingerprint density at radius 1 is 0.347 bits per heavy atom. The maximum Gasteiger partial charge on any atom is 0.405 e. The third-order valence-corrected chi connectivity index (χ3v) is 12.4. The molecule has 49 heavy (non-hydrogen) atoms. The SMILES string of the molecule is CCCCCCCCCCCCCCCCCCCCCN(CCCCCCCCCCCCCCCCCCCCC)P(=O)(O)OCC. The van der Waals surface area contributed by atoms with E-state index >= 15 is 0 Å². The zero-order valence-electron chi connectivity index (χ0n) is 34.1. The van der Waals surface area contributed by atoms with Crippen molar-refractivity contribution in [3.63, 3.8) is 0 Å². The molecule has 1 N–H and O–H groups in total. The van der Waals surface area contributed by atoms with Crippen molar-refractivity contribution in [1.82, 2.24) is 4.67 Å². The normalized spacial score (nSPS) is 13.1. The molecule has 0 aromatic heterocycles. The molecule has 0 bridgehead atoms. The molecule has 0 aromatic carbocycles. The van der Waals surface area contributed by atoms with Crippen LogP contribution in [0, 0.1) is 0 Å². The standard InChI is InChI=1S/C44H92NO3P/c1-4-7-9-11-13-15-17-19-21-23-25-27-29-31-33-35-37-39-41-43-45(49(46,47)48-6-3)44-42-40-38-36-34-32-30-28-26-24-22-20-18-16-14-12-10-8-5-2/h4-44H2,1-3H3,(H,46,47). The predicted molar refractivity (Wildman–Crippen MR) is 220 cm³/mol. The van der Waals surface area contributed by atoms with Crippen LogP contribution in [-0.4, -0.2) is 29.3 Å². The Hall–Kier alpha value is 0.110. The van der Waals surface area contributed by atoms with Crippen molar-refractivity contribution in [3.8, 4) is 0 Å². The highest BCUT2D eigenvalue weighted by Crippen LogP contribution is 2.46. The quantitative estimate of drug-likeness (QED) is 0.0505. The molecule has 0 amide bonds. The van der Waals surface area contributed by atoms with Crippen LogP contribution in [0.4, 0.5) is 0 Å². The molecule has 0 aliphatic carbocycles. The Morgan fingerprint density at radius 3 is 0.714 bits per heavy atom. The van der Waals surface area contributed by atoms with Gasteiger partial charge in [0.25, 0.3) is 0 Å². The molecule has 0 heterocycles. The molecule has 0 fully saturated rings. The van der Waals surface area contributed by atoms with Crippen LogP contribution < -0.4 is 0 Å². The minimum Gasteiger partial charge on any atom is -0.312 e. The number of rotatable bonds is 43. The van der Waals surface area contributed by atoms with Gasteiger partial charge in [-0.05, 0) is 19.8 Å². The second-order valence-corrected chi connectivity index (χ2v) is 17.4. The van der Waals surface area contributed by atoms with Crippen LogP contribution in [-0.2, 0) is 9.09 Å². The van der Waals surface area contributed by atoms with Gasteiger partial charge in [0.2, 0.25) is 0 Å². The zero-order chi connectivity index (χ0) is 35.8. The first-order valence-electron chi connectivity index (χ1n) is 22.8. The average molecular weight is 714 g/mol. The van der Waals surface area contributed by atoms with E-state index in [0.717, 1.165) is 25.7 Å². The fraction of sp³-hybridized carbons (Fsp3) is 1.00. The fourth-order valence-electron chi connectivity index (χ4n) is 7.36. The summed E-state index contributed by atoms with van der Waals surface area (Å²) in [4.78, 5) is 10.5. The van der Waals surface area contributed by atoms with Crippen molar-refractivity contribution in [1.29, 1.82) is 0 Å². The highest BCUT2D eigenvalue weighted by atomic mass is 31.2. The van der Waals surface area contributed by atoms with E-state index in [2.05, 4.69) is 13.8 Å². The van der Waals surface area contributed by atoms with E-state index in [0.29, 0.717) is 19.7 Å². The minimum atomic E-state index is -3.66. The van der Waals surface area contributed by atoms with Gasteiger partial charge >= 0.3 is 7.75 Å². The molecule has 0 aliphatic heterocycles. The molecule has 0 saturated heterocycles. The van der Waals surface area contributed by atoms with Crippen molar-refractivity contribution in [2.45, 2.75) is 265 Å². The maximum absolute atomic E-state index is 12.8. The van der Waals surface area contributed by atoms with Crippen LogP contribution in [0.3, 0.4) is 0 Å². The number of hydrogen-bond acceptors (Lipinski definition) is 2. The van der Waals surface area contributed by atoms with E-state index in [1.165, 1.54) is 218 Å². The van der Waals surface area contributed by atoms with Crippen LogP contribution in [0.25, 0.3) is 0 Å². The van der Waals surface area contributed by atoms with Crippen LogP contribution in [0.5, 0.6) is 0 Å². The summed E-state index contributed by atoms with van der Waals surface area (Å²) in [5.41, 5.74) is 0. The van der Waals surface area contributed by atoms with E-state index in [1.807, 2.05) is 6.92 Å². The monoisotopic (exact) mass is 714 g/mol. The van der Waals surface area contributed by atoms with Gasteiger partial charge in [-0.3, -0.25) is 4.52 Å². The molecule has 296 valence electrons. The molecule has 0 saturated carbocycles. The molecular formula is C44H92NO3P. The highest BCUT2D eigenvalue weighted by Gasteiger charge is 2.28. The lowest BCUT2D eigenvalue weighted by atomic mass is 10.0. The summed E-state index contributed by atoms with van der Waals surface area (Å²) in [6, 6.07) is 0. The molecule has 0 aliphatic rings. The third-order valence-electron chi connectivity index (χ3n) is 10.7. The molecule has 0 aromatic rings. The van der Waals surface area contributed by atoms with E-state index in [1.54, 1.807) is 4.67 Å². The van der Waals surface area contributed by atoms with E-state index in [9.17, 15) is 9.46 Å². The first kappa shape index (κ1) is 49.1. The van der Waals surface area contributed by atoms with Crippen molar-refractivity contribution < 1.29 is 14.0 Å². The molecular weight excluding hydrogens is 621 g/mol. The van der Waals surface area contributed by atoms with Gasteiger partial charge in [-0.25, -0.2) is 9.24 Å². The van der Waals surface area contributed by atoms with Crippen molar-refractivity contribution in [2.75, 3.05) is 19.7 Å². The largest absolute Gasteiger partial charge is 0.405 e. The Labute approximate surface area is 310 Å². The van der Waals surface area contributed by atoms with E-state index in [-0.39, 0.29) is 0 Å². The van der Waals surface area contributed by atoms with Crippen LogP contribution in [0.2, 0.25) is 0 Å². The van der Waals surface area contributed by atoms with Crippen LogP contribution in [0.1, 0.15) is 265 Å². The van der Waals surface area contributed by atoms with Gasteiger partial charge in [-0.15, -0.1) is 0 Å². The van der Waals surface area contributed by atoms with E-state index in [4.69, 9.17) is 4.52 Å². The van der Waals surface area contributed by atoms with Crippen LogP contribution in [0.15, 0.2) is 0 Å². The summed E-state index contributed by atoms with van der Waals surface area (Å²) < 4.78 is 19.9. The minimum absolute atomic E-state index is 0.294. The molecule has 0 rings (SSSR count). The molecule has 5 heteroatoms. The Bertz CT molecular complexity index is 618. The Kier molecular flexibility index (Phi) is 41.0. The predicted octanol–water partition coefficient (Wildman–Crippen LogP) is 16.3. The molecule has 1 unspecified atom stereocenters. The van der Waals surface area contributed by atoms with Crippen molar-refractivity contribution in [3.05, 3.63) is 0 Å². The first-order valence-corrected chi connectivity index (χ1v) is 24.3. The topological polar surface area (TPSA) is 49.8 Å². The lowest BCUT2D eigenvalue weighted by Gasteiger charge is -2.26. The van der Waals surface area contributed by atoms with Gasteiger partial charge in [0.1, 0.15) is 0 Å². The van der Waals surface area contributed by atoms with Gasteiger partial charge in [-0.1, -0.05) is 245 Å². The van der Waals surface area contributed by atoms with Crippen LogP contribution >= 0.6 is 7.75 Å². The third kappa shape index (κ3) is 37.7. The summed E-state index contributed by atoms with van der Waals surface area (Å²) in [5.74, 6) is 0. The second kappa shape index (κ2) is 40.9. The highest BCUT2D eigenvalue weighted by molar-refractivity contribution is 7.50. The average Bonchev–Trinajstić information content (AvgIpc) is 3.09. The van der Waals surface area contributed by atoms with Gasteiger partial charge in [0, 0.05) is 13.1 Å². The van der Waals surface area contributed by atoms with Crippen molar-refractivity contribution >= 4 is 7.75 Å². The van der Waals surface area contributed by atoms with Gasteiger partial charge in [0.05, 0.1) is 6.61 Å². The lowest BCUT2D eigenvalue weighted by Crippen LogP contribution is -2.24. The summed E-state index contributed by atoms with van der Waals surface area (Å²) in [5, 5.41) is 0. The van der Waals surface area contributed by atoms with Crippen molar-refractivity contribution in [2.24, 2.45) is 0 Å². The molecule has 1 atom stereocenters. The number of nitrogens with zero attached hydrogens (tertiary/aromatic N) is 1. The summed E-state index contributed by atoms with van der Waals surface area (Å²) in [6.45, 7) is 8.07. The number of unbranched alkanes of at least 4 members (excludes halogenated alkanes) is 36. The Morgan fingerprint density at radius 2 is 0.531 bits per heavy atom. The second-order valence-electron chi connectivity index (χ2n) is 15.6. The molecule has 0 spiro atoms. The molecule has 0 radical (unpaired) electrons. The summed E-state index contributed by atoms with van der Waals surface area (Å²) in [7, 11) is -3.66. The smallest absolute Gasteiger partial charge is 0.312 e. The van der Waals surface area contributed by atoms with Gasteiger partial charge in [0.15, 0.2) is 0 Å².